The van der Waals surface area contributed by atoms with Crippen LogP contribution in [0.2, 0.25) is 0 Å². The summed E-state index contributed by atoms with van der Waals surface area (Å²) in [4.78, 5) is 15.6. The molecule has 2 heterocycles. The van der Waals surface area contributed by atoms with E-state index in [1.165, 1.54) is 41.7 Å². The van der Waals surface area contributed by atoms with Crippen molar-refractivity contribution in [3.05, 3.63) is 35.4 Å². The van der Waals surface area contributed by atoms with E-state index in [0.717, 1.165) is 57.2 Å². The van der Waals surface area contributed by atoms with E-state index >= 15 is 0 Å². The van der Waals surface area contributed by atoms with Gasteiger partial charge in [-0.2, -0.15) is 0 Å². The number of hydrogen-bond acceptors (Lipinski definition) is 3. The molecule has 6 nitrogen and oxygen atoms in total. The fourth-order valence-electron chi connectivity index (χ4n) is 4.69. The molecule has 4 rings (SSSR count). The maximum atomic E-state index is 12.6. The van der Waals surface area contributed by atoms with Crippen molar-refractivity contribution in [1.29, 1.82) is 0 Å². The van der Waals surface area contributed by atoms with Crippen molar-refractivity contribution in [2.75, 3.05) is 39.5 Å². The summed E-state index contributed by atoms with van der Waals surface area (Å²) in [5.74, 6) is 1.91. The highest BCUT2D eigenvalue weighted by molar-refractivity contribution is 5.79. The third-order valence-electron chi connectivity index (χ3n) is 6.63. The van der Waals surface area contributed by atoms with E-state index in [0.29, 0.717) is 6.79 Å². The summed E-state index contributed by atoms with van der Waals surface area (Å²) in [6, 6.07) is 6.28. The van der Waals surface area contributed by atoms with Crippen molar-refractivity contribution in [2.24, 2.45) is 0 Å². The van der Waals surface area contributed by atoms with Crippen LogP contribution in [0, 0.1) is 0 Å². The van der Waals surface area contributed by atoms with Gasteiger partial charge in [-0.1, -0.05) is 11.6 Å². The van der Waals surface area contributed by atoms with Gasteiger partial charge in [0.1, 0.15) is 32.7 Å². The van der Waals surface area contributed by atoms with Crippen LogP contribution in [-0.2, 0) is 11.3 Å². The van der Waals surface area contributed by atoms with Gasteiger partial charge in [-0.05, 0) is 57.2 Å². The minimum atomic E-state index is 0.0300. The molecule has 6 heteroatoms. The summed E-state index contributed by atoms with van der Waals surface area (Å²) >= 11 is 0. The molecule has 1 aliphatic carbocycles. The second kappa shape index (κ2) is 9.63. The number of carbonyl (C=O) groups is 1. The number of nitrogens with one attached hydrogen (secondary N) is 3. The zero-order valence-electron chi connectivity index (χ0n) is 17.6. The summed E-state index contributed by atoms with van der Waals surface area (Å²) < 4.78 is 10.9. The van der Waals surface area contributed by atoms with Crippen LogP contribution in [0.15, 0.2) is 29.8 Å². The van der Waals surface area contributed by atoms with Crippen molar-refractivity contribution in [2.45, 2.75) is 51.6 Å². The molecule has 158 valence electrons. The minimum Gasteiger partial charge on any atom is -0.454 e. The van der Waals surface area contributed by atoms with Crippen molar-refractivity contribution < 1.29 is 24.1 Å². The second-order valence-corrected chi connectivity index (χ2v) is 8.64. The van der Waals surface area contributed by atoms with Gasteiger partial charge in [-0.15, -0.1) is 0 Å². The number of carbonyl (C=O) groups excluding carboxylic acids is 1. The van der Waals surface area contributed by atoms with Crippen LogP contribution < -0.4 is 24.6 Å². The second-order valence-electron chi connectivity index (χ2n) is 8.64. The number of rotatable bonds is 7. The van der Waals surface area contributed by atoms with Gasteiger partial charge in [0.05, 0.1) is 0 Å². The monoisotopic (exact) mass is 401 g/mol. The quantitative estimate of drug-likeness (QED) is 0.568. The Morgan fingerprint density at radius 3 is 2.76 bits per heavy atom. The molecule has 1 fully saturated rings. The number of ether oxygens (including phenoxy) is 2. The molecule has 0 aromatic heterocycles. The first-order chi connectivity index (χ1) is 14.2. The molecule has 2 aliphatic heterocycles. The molecule has 0 bridgehead atoms. The molecular weight excluding hydrogens is 366 g/mol. The van der Waals surface area contributed by atoms with Crippen molar-refractivity contribution >= 4 is 5.91 Å². The molecule has 0 radical (unpaired) electrons. The molecule has 0 spiro atoms. The van der Waals surface area contributed by atoms with Gasteiger partial charge in [0.25, 0.3) is 5.91 Å². The van der Waals surface area contributed by atoms with Crippen LogP contribution in [0.5, 0.6) is 11.5 Å². The summed E-state index contributed by atoms with van der Waals surface area (Å²) in [5.41, 5.74) is 2.81. The Morgan fingerprint density at radius 2 is 1.97 bits per heavy atom. The van der Waals surface area contributed by atoms with E-state index in [2.05, 4.69) is 30.4 Å². The molecular formula is C23H35N3O3+2. The highest BCUT2D eigenvalue weighted by Crippen LogP contribution is 2.32. The summed E-state index contributed by atoms with van der Waals surface area (Å²) in [6.07, 6.45) is 8.43. The number of benzene rings is 1. The Balaban J connectivity index is 1.18. The molecule has 0 unspecified atom stereocenters. The van der Waals surface area contributed by atoms with E-state index in [4.69, 9.17) is 9.47 Å². The predicted molar refractivity (Wildman–Crippen MR) is 111 cm³/mol. The zero-order valence-corrected chi connectivity index (χ0v) is 17.6. The van der Waals surface area contributed by atoms with Gasteiger partial charge in [0.2, 0.25) is 6.79 Å². The topological polar surface area (TPSA) is 56.4 Å². The highest BCUT2D eigenvalue weighted by atomic mass is 16.7. The highest BCUT2D eigenvalue weighted by Gasteiger charge is 2.31. The fraction of sp³-hybridized carbons (Fsp3) is 0.609. The predicted octanol–water partition coefficient (Wildman–Crippen LogP) is 0.0939. The fourth-order valence-corrected chi connectivity index (χ4v) is 4.69. The van der Waals surface area contributed by atoms with E-state index in [1.54, 1.807) is 4.90 Å². The molecule has 1 amide bonds. The van der Waals surface area contributed by atoms with Crippen LogP contribution in [0.4, 0.5) is 0 Å². The van der Waals surface area contributed by atoms with Gasteiger partial charge in [0, 0.05) is 12.1 Å². The average Bonchev–Trinajstić information content (AvgIpc) is 3.22. The third kappa shape index (κ3) is 5.31. The van der Waals surface area contributed by atoms with E-state index < -0.39 is 0 Å². The molecule has 3 N–H and O–H groups in total. The minimum absolute atomic E-state index is 0.0300. The Bertz CT molecular complexity index is 741. The lowest BCUT2D eigenvalue weighted by molar-refractivity contribution is -1.02. The molecule has 1 saturated heterocycles. The maximum Gasteiger partial charge on any atom is 0.278 e. The Morgan fingerprint density at radius 1 is 1.14 bits per heavy atom. The van der Waals surface area contributed by atoms with Gasteiger partial charge in [-0.3, -0.25) is 4.79 Å². The average molecular weight is 402 g/mol. The maximum absolute atomic E-state index is 12.6. The lowest BCUT2D eigenvalue weighted by Gasteiger charge is -2.32. The van der Waals surface area contributed by atoms with Crippen molar-refractivity contribution in [3.8, 4) is 11.5 Å². The molecule has 3 aliphatic rings. The van der Waals surface area contributed by atoms with Crippen LogP contribution >= 0.6 is 0 Å². The SMILES string of the molecule is C[C@@H](C(=O)NCCC1=CCCCC1)[NH+]1CC[NH+](Cc2ccc3c(c2)OCO3)CC1. The first-order valence-corrected chi connectivity index (χ1v) is 11.2. The Labute approximate surface area is 173 Å². The largest absolute Gasteiger partial charge is 0.454 e. The van der Waals surface area contributed by atoms with E-state index in [9.17, 15) is 4.79 Å². The molecule has 1 aromatic rings. The zero-order chi connectivity index (χ0) is 20.1. The van der Waals surface area contributed by atoms with Gasteiger partial charge in [0.15, 0.2) is 17.5 Å². The lowest BCUT2D eigenvalue weighted by Crippen LogP contribution is -3.29. The van der Waals surface area contributed by atoms with Crippen LogP contribution in [0.25, 0.3) is 0 Å². The normalized spacial score (nSPS) is 24.7. The van der Waals surface area contributed by atoms with E-state index in [1.807, 2.05) is 6.07 Å². The third-order valence-corrected chi connectivity index (χ3v) is 6.63. The van der Waals surface area contributed by atoms with Crippen molar-refractivity contribution in [3.63, 3.8) is 0 Å². The van der Waals surface area contributed by atoms with Crippen LogP contribution in [-0.4, -0.2) is 51.5 Å². The van der Waals surface area contributed by atoms with Gasteiger partial charge < -0.3 is 24.6 Å². The van der Waals surface area contributed by atoms with Gasteiger partial charge in [-0.25, -0.2) is 0 Å². The number of fused-ring (bicyclic) bond motifs is 1. The molecule has 29 heavy (non-hydrogen) atoms. The Hall–Kier alpha value is -2.05. The van der Waals surface area contributed by atoms with Crippen molar-refractivity contribution in [1.82, 2.24) is 5.32 Å². The van der Waals surface area contributed by atoms with Crippen LogP contribution in [0.3, 0.4) is 0 Å². The van der Waals surface area contributed by atoms with Gasteiger partial charge >= 0.3 is 0 Å². The number of allylic oxidation sites excluding steroid dienone is 1. The summed E-state index contributed by atoms with van der Waals surface area (Å²) in [6.45, 7) is 8.45. The number of piperazine rings is 1. The first kappa shape index (κ1) is 20.2. The summed E-state index contributed by atoms with van der Waals surface area (Å²) in [7, 11) is 0. The molecule has 1 atom stereocenters. The molecule has 0 saturated carbocycles. The number of quaternary nitrogens is 2. The lowest BCUT2D eigenvalue weighted by atomic mass is 9.97. The number of amides is 1. The standard InChI is InChI=1S/C23H33N3O3/c1-18(23(27)24-10-9-19-5-3-2-4-6-19)26-13-11-25(12-14-26)16-20-7-8-21-22(15-20)29-17-28-21/h5,7-8,15,18H,2-4,6,9-14,16-17H2,1H3,(H,24,27)/p+2/t18-/m0/s1. The summed E-state index contributed by atoms with van der Waals surface area (Å²) in [5, 5.41) is 3.17. The molecule has 1 aromatic carbocycles. The smallest absolute Gasteiger partial charge is 0.278 e. The number of hydrogen-bond donors (Lipinski definition) is 3. The Kier molecular flexibility index (Phi) is 6.72. The first-order valence-electron chi connectivity index (χ1n) is 11.2. The van der Waals surface area contributed by atoms with Crippen LogP contribution in [0.1, 0.15) is 44.6 Å². The van der Waals surface area contributed by atoms with E-state index in [-0.39, 0.29) is 11.9 Å².